The lowest BCUT2D eigenvalue weighted by molar-refractivity contribution is -0.134. The molecule has 2 aromatic rings. The van der Waals surface area contributed by atoms with E-state index in [4.69, 9.17) is 9.47 Å². The summed E-state index contributed by atoms with van der Waals surface area (Å²) in [7, 11) is 1.63. The van der Waals surface area contributed by atoms with Gasteiger partial charge < -0.3 is 25.0 Å². The van der Waals surface area contributed by atoms with E-state index in [1.165, 1.54) is 0 Å². The van der Waals surface area contributed by atoms with Gasteiger partial charge in [0.25, 0.3) is 0 Å². The van der Waals surface area contributed by atoms with Crippen LogP contribution in [0.25, 0.3) is 0 Å². The van der Waals surface area contributed by atoms with Gasteiger partial charge in [-0.15, -0.1) is 0 Å². The molecule has 0 bridgehead atoms. The summed E-state index contributed by atoms with van der Waals surface area (Å²) in [6, 6.07) is 14.9. The second-order valence-electron chi connectivity index (χ2n) is 6.85. The molecule has 0 atom stereocenters. The lowest BCUT2D eigenvalue weighted by Gasteiger charge is -2.26. The molecule has 2 aromatic carbocycles. The molecule has 1 aliphatic heterocycles. The Morgan fingerprint density at radius 3 is 2.31 bits per heavy atom. The first kappa shape index (κ1) is 20.7. The molecule has 3 rings (SSSR count). The van der Waals surface area contributed by atoms with Crippen LogP contribution in [0.2, 0.25) is 0 Å². The van der Waals surface area contributed by atoms with Crippen LogP contribution >= 0.6 is 0 Å². The van der Waals surface area contributed by atoms with Gasteiger partial charge in [0.2, 0.25) is 5.91 Å². The number of rotatable bonds is 7. The molecule has 1 fully saturated rings. The molecular formula is C22H27N3O4. The molecule has 7 nitrogen and oxygen atoms in total. The number of nitrogens with zero attached hydrogens (tertiary/aromatic N) is 1. The van der Waals surface area contributed by atoms with Crippen LogP contribution in [-0.2, 0) is 22.4 Å². The summed E-state index contributed by atoms with van der Waals surface area (Å²) in [6.07, 6.45) is 1.09. The van der Waals surface area contributed by atoms with Crippen molar-refractivity contribution in [1.29, 1.82) is 0 Å². The van der Waals surface area contributed by atoms with E-state index in [-0.39, 0.29) is 11.9 Å². The Hall–Kier alpha value is -3.06. The van der Waals surface area contributed by atoms with Crippen LogP contribution < -0.4 is 15.4 Å². The normalized spacial score (nSPS) is 13.6. The fourth-order valence-electron chi connectivity index (χ4n) is 3.09. The largest absolute Gasteiger partial charge is 0.497 e. The summed E-state index contributed by atoms with van der Waals surface area (Å²) in [4.78, 5) is 26.2. The second-order valence-corrected chi connectivity index (χ2v) is 6.85. The van der Waals surface area contributed by atoms with E-state index in [0.717, 1.165) is 23.3 Å². The predicted octanol–water partition coefficient (Wildman–Crippen LogP) is 2.46. The van der Waals surface area contributed by atoms with Gasteiger partial charge in [-0.3, -0.25) is 4.79 Å². The van der Waals surface area contributed by atoms with Crippen LogP contribution in [0.3, 0.4) is 0 Å². The number of amides is 3. The number of ether oxygens (including phenoxy) is 2. The Morgan fingerprint density at radius 2 is 1.66 bits per heavy atom. The highest BCUT2D eigenvalue weighted by Gasteiger charge is 2.16. The van der Waals surface area contributed by atoms with Crippen LogP contribution in [0.5, 0.6) is 5.75 Å². The van der Waals surface area contributed by atoms with Gasteiger partial charge in [-0.05, 0) is 41.8 Å². The van der Waals surface area contributed by atoms with Crippen molar-refractivity contribution in [2.24, 2.45) is 0 Å². The molecule has 29 heavy (non-hydrogen) atoms. The number of urea groups is 1. The number of anilines is 1. The molecule has 0 radical (unpaired) electrons. The fraction of sp³-hybridized carbons (Fsp3) is 0.364. The average molecular weight is 397 g/mol. The summed E-state index contributed by atoms with van der Waals surface area (Å²) in [6.45, 7) is 3.03. The zero-order valence-electron chi connectivity index (χ0n) is 16.6. The fourth-order valence-corrected chi connectivity index (χ4v) is 3.09. The van der Waals surface area contributed by atoms with Crippen LogP contribution in [0.1, 0.15) is 11.1 Å². The summed E-state index contributed by atoms with van der Waals surface area (Å²) < 4.78 is 10.4. The van der Waals surface area contributed by atoms with E-state index in [0.29, 0.717) is 45.0 Å². The number of methoxy groups -OCH3 is 1. The minimum absolute atomic E-state index is 0.102. The van der Waals surface area contributed by atoms with E-state index < -0.39 is 0 Å². The molecule has 0 aromatic heterocycles. The zero-order chi connectivity index (χ0) is 20.5. The minimum Gasteiger partial charge on any atom is -0.497 e. The SMILES string of the molecule is COc1ccc(CCNC(=O)Nc2ccc(CC(=O)N3CCOCC3)cc2)cc1. The van der Waals surface area contributed by atoms with E-state index in [1.807, 2.05) is 53.4 Å². The first-order valence-electron chi connectivity index (χ1n) is 9.76. The molecule has 0 unspecified atom stereocenters. The molecule has 154 valence electrons. The molecule has 1 heterocycles. The van der Waals surface area contributed by atoms with Crippen molar-refractivity contribution in [1.82, 2.24) is 10.2 Å². The zero-order valence-corrected chi connectivity index (χ0v) is 16.6. The summed E-state index contributed by atoms with van der Waals surface area (Å²) in [5.74, 6) is 0.917. The van der Waals surface area contributed by atoms with Crippen LogP contribution in [0.15, 0.2) is 48.5 Å². The van der Waals surface area contributed by atoms with Gasteiger partial charge in [0.15, 0.2) is 0 Å². The number of carbonyl (C=O) groups is 2. The van der Waals surface area contributed by atoms with Crippen molar-refractivity contribution in [2.45, 2.75) is 12.8 Å². The van der Waals surface area contributed by atoms with Crippen molar-refractivity contribution in [3.63, 3.8) is 0 Å². The quantitative estimate of drug-likeness (QED) is 0.752. The molecule has 0 saturated carbocycles. The van der Waals surface area contributed by atoms with Gasteiger partial charge in [0, 0.05) is 25.3 Å². The number of hydrogen-bond donors (Lipinski definition) is 2. The van der Waals surface area contributed by atoms with Crippen molar-refractivity contribution < 1.29 is 19.1 Å². The lowest BCUT2D eigenvalue weighted by atomic mass is 10.1. The van der Waals surface area contributed by atoms with Crippen molar-refractivity contribution in [3.8, 4) is 5.75 Å². The number of carbonyl (C=O) groups excluding carboxylic acids is 2. The monoisotopic (exact) mass is 397 g/mol. The highest BCUT2D eigenvalue weighted by atomic mass is 16.5. The van der Waals surface area contributed by atoms with Gasteiger partial charge in [0.05, 0.1) is 26.7 Å². The topological polar surface area (TPSA) is 79.9 Å². The first-order chi connectivity index (χ1) is 14.1. The highest BCUT2D eigenvalue weighted by molar-refractivity contribution is 5.89. The number of hydrogen-bond acceptors (Lipinski definition) is 4. The molecule has 0 spiro atoms. The standard InChI is InChI=1S/C22H27N3O4/c1-28-20-8-4-17(5-9-20)10-11-23-22(27)24-19-6-2-18(3-7-19)16-21(26)25-12-14-29-15-13-25/h2-9H,10-16H2,1H3,(H2,23,24,27). The molecule has 0 aliphatic carbocycles. The number of morpholine rings is 1. The first-order valence-corrected chi connectivity index (χ1v) is 9.76. The number of nitrogens with one attached hydrogen (secondary N) is 2. The summed E-state index contributed by atoms with van der Waals surface area (Å²) in [5.41, 5.74) is 2.74. The Morgan fingerprint density at radius 1 is 1.00 bits per heavy atom. The van der Waals surface area contributed by atoms with Gasteiger partial charge in [-0.1, -0.05) is 24.3 Å². The third-order valence-electron chi connectivity index (χ3n) is 4.79. The molecule has 1 saturated heterocycles. The third-order valence-corrected chi connectivity index (χ3v) is 4.79. The van der Waals surface area contributed by atoms with Crippen LogP contribution in [-0.4, -0.2) is 56.8 Å². The molecule has 7 heteroatoms. The second kappa shape index (κ2) is 10.5. The third kappa shape index (κ3) is 6.50. The Labute approximate surface area is 171 Å². The minimum atomic E-state index is -0.254. The molecule has 1 aliphatic rings. The lowest BCUT2D eigenvalue weighted by Crippen LogP contribution is -2.41. The van der Waals surface area contributed by atoms with Crippen molar-refractivity contribution in [3.05, 3.63) is 59.7 Å². The maximum absolute atomic E-state index is 12.3. The molecular weight excluding hydrogens is 370 g/mol. The van der Waals surface area contributed by atoms with E-state index in [9.17, 15) is 9.59 Å². The van der Waals surface area contributed by atoms with Gasteiger partial charge >= 0.3 is 6.03 Å². The summed E-state index contributed by atoms with van der Waals surface area (Å²) in [5, 5.41) is 5.65. The van der Waals surface area contributed by atoms with E-state index in [1.54, 1.807) is 7.11 Å². The molecule has 3 amide bonds. The predicted molar refractivity (Wildman–Crippen MR) is 111 cm³/mol. The number of benzene rings is 2. The maximum Gasteiger partial charge on any atom is 0.319 e. The Bertz CT molecular complexity index is 800. The highest BCUT2D eigenvalue weighted by Crippen LogP contribution is 2.13. The van der Waals surface area contributed by atoms with Crippen LogP contribution in [0.4, 0.5) is 10.5 Å². The van der Waals surface area contributed by atoms with Gasteiger partial charge in [-0.2, -0.15) is 0 Å². The van der Waals surface area contributed by atoms with Gasteiger partial charge in [-0.25, -0.2) is 4.79 Å². The smallest absolute Gasteiger partial charge is 0.319 e. The van der Waals surface area contributed by atoms with Gasteiger partial charge in [0.1, 0.15) is 5.75 Å². The average Bonchev–Trinajstić information content (AvgIpc) is 2.76. The van der Waals surface area contributed by atoms with E-state index in [2.05, 4.69) is 10.6 Å². The Kier molecular flexibility index (Phi) is 7.47. The van der Waals surface area contributed by atoms with Crippen molar-refractivity contribution in [2.75, 3.05) is 45.3 Å². The summed E-state index contributed by atoms with van der Waals surface area (Å²) >= 11 is 0. The molecule has 2 N–H and O–H groups in total. The van der Waals surface area contributed by atoms with E-state index >= 15 is 0 Å². The Balaban J connectivity index is 1.40. The maximum atomic E-state index is 12.3. The van der Waals surface area contributed by atoms with Crippen LogP contribution in [0, 0.1) is 0 Å². The van der Waals surface area contributed by atoms with Crippen molar-refractivity contribution >= 4 is 17.6 Å².